The van der Waals surface area contributed by atoms with Crippen LogP contribution in [0.1, 0.15) is 23.7 Å². The van der Waals surface area contributed by atoms with Gasteiger partial charge in [0.15, 0.2) is 0 Å². The first-order valence-corrected chi connectivity index (χ1v) is 7.58. The summed E-state index contributed by atoms with van der Waals surface area (Å²) in [7, 11) is 0. The summed E-state index contributed by atoms with van der Waals surface area (Å²) in [5, 5.41) is 22.5. The fourth-order valence-corrected chi connectivity index (χ4v) is 2.07. The van der Waals surface area contributed by atoms with Crippen molar-refractivity contribution in [3.8, 4) is 0 Å². The average molecular weight is 331 g/mol. The maximum Gasteiger partial charge on any atom is 0.407 e. The third-order valence-electron chi connectivity index (χ3n) is 3.44. The smallest absolute Gasteiger partial charge is 0.407 e. The lowest BCUT2D eigenvalue weighted by Crippen LogP contribution is -2.29. The van der Waals surface area contributed by atoms with Gasteiger partial charge in [-0.25, -0.2) is 9.78 Å². The summed E-state index contributed by atoms with van der Waals surface area (Å²) < 4.78 is 5.05. The Labute approximate surface area is 140 Å². The molecule has 5 N–H and O–H groups in total. The van der Waals surface area contributed by atoms with Crippen molar-refractivity contribution in [2.75, 3.05) is 12.3 Å². The molecule has 0 aliphatic heterocycles. The number of anilines is 1. The highest BCUT2D eigenvalue weighted by molar-refractivity contribution is 5.67. The average Bonchev–Trinajstić information content (AvgIpc) is 2.61. The van der Waals surface area contributed by atoms with Crippen LogP contribution in [-0.2, 0) is 11.3 Å². The standard InChI is InChI=1S/C17H21N3O4/c18-15-7-6-13(10-20-15)16(22)14(21)8-9-19-17(23)24-11-12-4-2-1-3-5-12/h1-7,10,14,16,21-22H,8-9,11H2,(H2,18,20)(H,19,23). The van der Waals surface area contributed by atoms with Crippen LogP contribution >= 0.6 is 0 Å². The number of pyridine rings is 1. The molecule has 0 spiro atoms. The zero-order chi connectivity index (χ0) is 17.4. The first-order valence-electron chi connectivity index (χ1n) is 7.58. The van der Waals surface area contributed by atoms with Crippen LogP contribution in [0.5, 0.6) is 0 Å². The molecule has 0 aliphatic rings. The van der Waals surface area contributed by atoms with E-state index in [4.69, 9.17) is 10.5 Å². The maximum atomic E-state index is 11.6. The van der Waals surface area contributed by atoms with Gasteiger partial charge in [0.25, 0.3) is 0 Å². The number of nitrogens with zero attached hydrogens (tertiary/aromatic N) is 1. The number of alkyl carbamates (subject to hydrolysis) is 1. The lowest BCUT2D eigenvalue weighted by atomic mass is 10.0. The summed E-state index contributed by atoms with van der Waals surface area (Å²) in [4.78, 5) is 15.4. The summed E-state index contributed by atoms with van der Waals surface area (Å²) in [5.41, 5.74) is 6.82. The number of amides is 1. The quantitative estimate of drug-likeness (QED) is 0.609. The van der Waals surface area contributed by atoms with E-state index in [0.29, 0.717) is 11.4 Å². The molecule has 24 heavy (non-hydrogen) atoms. The number of ether oxygens (including phenoxy) is 1. The minimum absolute atomic E-state index is 0.173. The predicted octanol–water partition coefficient (Wildman–Crippen LogP) is 1.37. The molecular weight excluding hydrogens is 310 g/mol. The molecule has 7 nitrogen and oxygen atoms in total. The fourth-order valence-electron chi connectivity index (χ4n) is 2.07. The molecule has 0 aliphatic carbocycles. The lowest BCUT2D eigenvalue weighted by molar-refractivity contribution is 0.0134. The predicted molar refractivity (Wildman–Crippen MR) is 88.9 cm³/mol. The zero-order valence-corrected chi connectivity index (χ0v) is 13.1. The number of hydrogen-bond donors (Lipinski definition) is 4. The molecule has 1 heterocycles. The van der Waals surface area contributed by atoms with Crippen molar-refractivity contribution >= 4 is 11.9 Å². The van der Waals surface area contributed by atoms with Gasteiger partial charge < -0.3 is 26.0 Å². The number of rotatable bonds is 7. The molecule has 0 fully saturated rings. The second-order valence-electron chi connectivity index (χ2n) is 5.31. The van der Waals surface area contributed by atoms with Gasteiger partial charge >= 0.3 is 6.09 Å². The number of aliphatic hydroxyl groups is 2. The fraction of sp³-hybridized carbons (Fsp3) is 0.294. The Morgan fingerprint density at radius 2 is 1.96 bits per heavy atom. The highest BCUT2D eigenvalue weighted by Gasteiger charge is 2.18. The van der Waals surface area contributed by atoms with E-state index in [9.17, 15) is 15.0 Å². The number of hydrogen-bond acceptors (Lipinski definition) is 6. The molecule has 0 bridgehead atoms. The Hall–Kier alpha value is -2.64. The SMILES string of the molecule is Nc1ccc(C(O)C(O)CCNC(=O)OCc2ccccc2)cn1. The number of carbonyl (C=O) groups excluding carboxylic acids is 1. The molecule has 0 radical (unpaired) electrons. The highest BCUT2D eigenvalue weighted by Crippen LogP contribution is 2.18. The number of carbonyl (C=O) groups is 1. The third-order valence-corrected chi connectivity index (χ3v) is 3.44. The Morgan fingerprint density at radius 3 is 2.62 bits per heavy atom. The van der Waals surface area contributed by atoms with Crippen LogP contribution in [0.25, 0.3) is 0 Å². The molecule has 2 aromatic rings. The van der Waals surface area contributed by atoms with Crippen LogP contribution in [0.4, 0.5) is 10.6 Å². The van der Waals surface area contributed by atoms with Gasteiger partial charge in [0.2, 0.25) is 0 Å². The first-order chi connectivity index (χ1) is 11.6. The Morgan fingerprint density at radius 1 is 1.21 bits per heavy atom. The van der Waals surface area contributed by atoms with E-state index >= 15 is 0 Å². The molecule has 1 amide bonds. The summed E-state index contributed by atoms with van der Waals surface area (Å²) in [6.45, 7) is 0.350. The van der Waals surface area contributed by atoms with E-state index in [1.54, 1.807) is 12.1 Å². The normalized spacial score (nSPS) is 13.1. The van der Waals surface area contributed by atoms with Gasteiger partial charge in [-0.05, 0) is 18.1 Å². The van der Waals surface area contributed by atoms with Crippen molar-refractivity contribution in [1.82, 2.24) is 10.3 Å². The number of aliphatic hydroxyl groups excluding tert-OH is 2. The van der Waals surface area contributed by atoms with Crippen molar-refractivity contribution in [2.45, 2.75) is 25.2 Å². The molecule has 7 heteroatoms. The Kier molecular flexibility index (Phi) is 6.53. The molecule has 0 saturated carbocycles. The molecule has 1 aromatic carbocycles. The summed E-state index contributed by atoms with van der Waals surface area (Å²) in [6.07, 6.45) is -1.13. The van der Waals surface area contributed by atoms with Gasteiger partial charge in [0.05, 0.1) is 6.10 Å². The monoisotopic (exact) mass is 331 g/mol. The van der Waals surface area contributed by atoms with Gasteiger partial charge in [0.1, 0.15) is 18.5 Å². The Balaban J connectivity index is 1.68. The highest BCUT2D eigenvalue weighted by atomic mass is 16.5. The van der Waals surface area contributed by atoms with Crippen molar-refractivity contribution in [3.63, 3.8) is 0 Å². The number of benzene rings is 1. The van der Waals surface area contributed by atoms with Crippen LogP contribution in [-0.4, -0.2) is 33.9 Å². The van der Waals surface area contributed by atoms with Gasteiger partial charge in [-0.2, -0.15) is 0 Å². The zero-order valence-electron chi connectivity index (χ0n) is 13.1. The molecule has 2 unspecified atom stereocenters. The summed E-state index contributed by atoms with van der Waals surface area (Å²) in [6, 6.07) is 12.5. The molecule has 2 atom stereocenters. The van der Waals surface area contributed by atoms with Crippen LogP contribution in [0.2, 0.25) is 0 Å². The van der Waals surface area contributed by atoms with Gasteiger partial charge in [-0.15, -0.1) is 0 Å². The second-order valence-corrected chi connectivity index (χ2v) is 5.31. The number of aromatic nitrogens is 1. The van der Waals surface area contributed by atoms with Crippen molar-refractivity contribution in [2.24, 2.45) is 0 Å². The third kappa shape index (κ3) is 5.53. The van der Waals surface area contributed by atoms with E-state index < -0.39 is 18.3 Å². The number of nitrogens with two attached hydrogens (primary N) is 1. The number of nitrogens with one attached hydrogen (secondary N) is 1. The summed E-state index contributed by atoms with van der Waals surface area (Å²) in [5.74, 6) is 0.336. The van der Waals surface area contributed by atoms with E-state index in [1.807, 2.05) is 30.3 Å². The minimum atomic E-state index is -1.10. The molecular formula is C17H21N3O4. The topological polar surface area (TPSA) is 118 Å². The van der Waals surface area contributed by atoms with Crippen molar-refractivity contribution in [3.05, 3.63) is 59.8 Å². The Bertz CT molecular complexity index is 634. The first kappa shape index (κ1) is 17.7. The van der Waals surface area contributed by atoms with E-state index in [-0.39, 0.29) is 19.6 Å². The van der Waals surface area contributed by atoms with Gasteiger partial charge in [-0.3, -0.25) is 0 Å². The largest absolute Gasteiger partial charge is 0.445 e. The van der Waals surface area contributed by atoms with E-state index in [2.05, 4.69) is 10.3 Å². The maximum absolute atomic E-state index is 11.6. The van der Waals surface area contributed by atoms with Crippen LogP contribution < -0.4 is 11.1 Å². The van der Waals surface area contributed by atoms with E-state index in [0.717, 1.165) is 5.56 Å². The van der Waals surface area contributed by atoms with Gasteiger partial charge in [-0.1, -0.05) is 36.4 Å². The molecule has 0 saturated heterocycles. The lowest BCUT2D eigenvalue weighted by Gasteiger charge is -2.18. The van der Waals surface area contributed by atoms with E-state index in [1.165, 1.54) is 6.20 Å². The van der Waals surface area contributed by atoms with Crippen LogP contribution in [0.15, 0.2) is 48.7 Å². The van der Waals surface area contributed by atoms with Crippen LogP contribution in [0, 0.1) is 0 Å². The van der Waals surface area contributed by atoms with Crippen molar-refractivity contribution in [1.29, 1.82) is 0 Å². The van der Waals surface area contributed by atoms with Gasteiger partial charge in [0, 0.05) is 18.3 Å². The minimum Gasteiger partial charge on any atom is -0.445 e. The molecule has 128 valence electrons. The molecule has 2 rings (SSSR count). The van der Waals surface area contributed by atoms with Crippen LogP contribution in [0.3, 0.4) is 0 Å². The number of nitrogen functional groups attached to an aromatic ring is 1. The van der Waals surface area contributed by atoms with Crippen molar-refractivity contribution < 1.29 is 19.7 Å². The summed E-state index contributed by atoms with van der Waals surface area (Å²) >= 11 is 0. The molecule has 1 aromatic heterocycles. The second kappa shape index (κ2) is 8.85.